The highest BCUT2D eigenvalue weighted by Crippen LogP contribution is 2.17. The standard InChI is InChI=1S/C12H23N3O3/c1-9(13)10-4-6-15(7-10)8-11(16)14-5-2-3-12(17)18/h9-10H,2-8,13H2,1H3,(H,14,16)(H,17,18). The quantitative estimate of drug-likeness (QED) is 0.541. The van der Waals surface area contributed by atoms with E-state index in [9.17, 15) is 9.59 Å². The molecule has 1 amide bonds. The lowest BCUT2D eigenvalue weighted by Gasteiger charge is -2.17. The number of nitrogens with two attached hydrogens (primary N) is 1. The van der Waals surface area contributed by atoms with Gasteiger partial charge in [-0.3, -0.25) is 14.5 Å². The van der Waals surface area contributed by atoms with Crippen molar-refractivity contribution >= 4 is 11.9 Å². The van der Waals surface area contributed by atoms with Gasteiger partial charge in [0.25, 0.3) is 0 Å². The first kappa shape index (κ1) is 14.9. The molecular weight excluding hydrogens is 234 g/mol. The molecule has 2 atom stereocenters. The van der Waals surface area contributed by atoms with Gasteiger partial charge in [-0.25, -0.2) is 0 Å². The van der Waals surface area contributed by atoms with E-state index in [1.807, 2.05) is 6.92 Å². The van der Waals surface area contributed by atoms with E-state index in [0.29, 0.717) is 25.4 Å². The molecule has 1 saturated heterocycles. The van der Waals surface area contributed by atoms with E-state index in [0.717, 1.165) is 19.5 Å². The molecule has 18 heavy (non-hydrogen) atoms. The Balaban J connectivity index is 2.12. The molecule has 1 heterocycles. The Morgan fingerprint density at radius 2 is 2.28 bits per heavy atom. The van der Waals surface area contributed by atoms with Crippen LogP contribution in [0.1, 0.15) is 26.2 Å². The number of carbonyl (C=O) groups excluding carboxylic acids is 1. The molecule has 0 aromatic carbocycles. The summed E-state index contributed by atoms with van der Waals surface area (Å²) in [5.74, 6) is -0.390. The number of nitrogens with zero attached hydrogens (tertiary/aromatic N) is 1. The Labute approximate surface area is 108 Å². The number of likely N-dealkylation sites (tertiary alicyclic amines) is 1. The van der Waals surface area contributed by atoms with Gasteiger partial charge in [0.2, 0.25) is 5.91 Å². The number of carbonyl (C=O) groups is 2. The Bertz CT molecular complexity index is 294. The number of rotatable bonds is 7. The van der Waals surface area contributed by atoms with Crippen molar-refractivity contribution in [3.8, 4) is 0 Å². The molecule has 1 aliphatic heterocycles. The maximum Gasteiger partial charge on any atom is 0.303 e. The minimum absolute atomic E-state index is 0.0364. The van der Waals surface area contributed by atoms with Gasteiger partial charge in [0.05, 0.1) is 6.54 Å². The maximum atomic E-state index is 11.6. The Kier molecular flexibility index (Phi) is 6.07. The van der Waals surface area contributed by atoms with Crippen LogP contribution in [0, 0.1) is 5.92 Å². The number of aliphatic carboxylic acids is 1. The van der Waals surface area contributed by atoms with Crippen molar-refractivity contribution in [1.29, 1.82) is 0 Å². The van der Waals surface area contributed by atoms with Gasteiger partial charge in [0.15, 0.2) is 0 Å². The third-order valence-electron chi connectivity index (χ3n) is 3.31. The second-order valence-corrected chi connectivity index (χ2v) is 4.99. The predicted molar refractivity (Wildman–Crippen MR) is 68.1 cm³/mol. The fraction of sp³-hybridized carbons (Fsp3) is 0.833. The zero-order chi connectivity index (χ0) is 13.5. The minimum atomic E-state index is -0.830. The van der Waals surface area contributed by atoms with E-state index in [4.69, 9.17) is 10.8 Å². The second-order valence-electron chi connectivity index (χ2n) is 4.99. The molecule has 0 spiro atoms. The first-order valence-electron chi connectivity index (χ1n) is 6.45. The predicted octanol–water partition coefficient (Wildman–Crippen LogP) is -0.363. The molecule has 1 aliphatic rings. The molecule has 0 aromatic rings. The van der Waals surface area contributed by atoms with Gasteiger partial charge in [-0.15, -0.1) is 0 Å². The summed E-state index contributed by atoms with van der Waals surface area (Å²) in [6.07, 6.45) is 1.62. The molecule has 2 unspecified atom stereocenters. The van der Waals surface area contributed by atoms with Crippen molar-refractivity contribution in [3.63, 3.8) is 0 Å². The Morgan fingerprint density at radius 3 is 2.83 bits per heavy atom. The minimum Gasteiger partial charge on any atom is -0.481 e. The van der Waals surface area contributed by atoms with Crippen LogP contribution >= 0.6 is 0 Å². The van der Waals surface area contributed by atoms with E-state index in [2.05, 4.69) is 10.2 Å². The molecule has 104 valence electrons. The highest BCUT2D eigenvalue weighted by atomic mass is 16.4. The van der Waals surface area contributed by atoms with Gasteiger partial charge < -0.3 is 16.2 Å². The fourth-order valence-corrected chi connectivity index (χ4v) is 2.16. The SMILES string of the molecule is CC(N)C1CCN(CC(=O)NCCCC(=O)O)C1. The molecular formula is C12H23N3O3. The molecule has 0 saturated carbocycles. The van der Waals surface area contributed by atoms with E-state index < -0.39 is 5.97 Å². The lowest BCUT2D eigenvalue weighted by Crippen LogP contribution is -2.37. The van der Waals surface area contributed by atoms with Crippen molar-refractivity contribution in [2.75, 3.05) is 26.2 Å². The number of carboxylic acids is 1. The van der Waals surface area contributed by atoms with Crippen LogP contribution in [-0.2, 0) is 9.59 Å². The van der Waals surface area contributed by atoms with Crippen LogP contribution in [0.25, 0.3) is 0 Å². The van der Waals surface area contributed by atoms with Gasteiger partial charge in [-0.1, -0.05) is 0 Å². The summed E-state index contributed by atoms with van der Waals surface area (Å²) in [7, 11) is 0. The normalized spacial score (nSPS) is 21.8. The van der Waals surface area contributed by atoms with Crippen molar-refractivity contribution in [2.24, 2.45) is 11.7 Å². The number of carboxylic acid groups (broad SMARTS) is 1. The first-order valence-corrected chi connectivity index (χ1v) is 6.45. The molecule has 0 aromatic heterocycles. The topological polar surface area (TPSA) is 95.7 Å². The zero-order valence-electron chi connectivity index (χ0n) is 10.9. The number of hydrogen-bond donors (Lipinski definition) is 3. The molecule has 4 N–H and O–H groups in total. The fourth-order valence-electron chi connectivity index (χ4n) is 2.16. The summed E-state index contributed by atoms with van der Waals surface area (Å²) in [6, 6.07) is 0.175. The van der Waals surface area contributed by atoms with Gasteiger partial charge >= 0.3 is 5.97 Å². The van der Waals surface area contributed by atoms with Gasteiger partial charge in [-0.2, -0.15) is 0 Å². The van der Waals surface area contributed by atoms with Gasteiger partial charge in [-0.05, 0) is 32.2 Å². The van der Waals surface area contributed by atoms with E-state index in [-0.39, 0.29) is 18.4 Å². The number of hydrogen-bond acceptors (Lipinski definition) is 4. The number of nitrogens with one attached hydrogen (secondary N) is 1. The van der Waals surface area contributed by atoms with E-state index in [1.165, 1.54) is 0 Å². The second kappa shape index (κ2) is 7.33. The Morgan fingerprint density at radius 1 is 1.56 bits per heavy atom. The van der Waals surface area contributed by atoms with Crippen LogP contribution in [0.4, 0.5) is 0 Å². The molecule has 0 radical (unpaired) electrons. The summed E-state index contributed by atoms with van der Waals surface area (Å²) >= 11 is 0. The first-order chi connectivity index (χ1) is 8.49. The van der Waals surface area contributed by atoms with Gasteiger partial charge in [0.1, 0.15) is 0 Å². The largest absolute Gasteiger partial charge is 0.481 e. The van der Waals surface area contributed by atoms with Crippen LogP contribution in [0.2, 0.25) is 0 Å². The Hall–Kier alpha value is -1.14. The number of amides is 1. The van der Waals surface area contributed by atoms with Gasteiger partial charge in [0, 0.05) is 25.6 Å². The van der Waals surface area contributed by atoms with Crippen molar-refractivity contribution in [2.45, 2.75) is 32.2 Å². The van der Waals surface area contributed by atoms with Crippen LogP contribution < -0.4 is 11.1 Å². The summed E-state index contributed by atoms with van der Waals surface area (Å²) in [5.41, 5.74) is 5.83. The van der Waals surface area contributed by atoms with Crippen LogP contribution in [0.5, 0.6) is 0 Å². The van der Waals surface area contributed by atoms with Crippen molar-refractivity contribution in [3.05, 3.63) is 0 Å². The van der Waals surface area contributed by atoms with Crippen LogP contribution in [0.15, 0.2) is 0 Å². The summed E-state index contributed by atoms with van der Waals surface area (Å²) in [5, 5.41) is 11.2. The van der Waals surface area contributed by atoms with Crippen molar-refractivity contribution in [1.82, 2.24) is 10.2 Å². The third-order valence-corrected chi connectivity index (χ3v) is 3.31. The summed E-state index contributed by atoms with van der Waals surface area (Å²) in [6.45, 7) is 4.60. The lowest BCUT2D eigenvalue weighted by molar-refractivity contribution is -0.137. The zero-order valence-corrected chi connectivity index (χ0v) is 10.9. The maximum absolute atomic E-state index is 11.6. The molecule has 0 aliphatic carbocycles. The molecule has 6 nitrogen and oxygen atoms in total. The average molecular weight is 257 g/mol. The molecule has 6 heteroatoms. The molecule has 1 rings (SSSR count). The van der Waals surface area contributed by atoms with Crippen LogP contribution in [-0.4, -0.2) is 54.1 Å². The van der Waals surface area contributed by atoms with Crippen LogP contribution in [0.3, 0.4) is 0 Å². The highest BCUT2D eigenvalue weighted by molar-refractivity contribution is 5.78. The smallest absolute Gasteiger partial charge is 0.303 e. The van der Waals surface area contributed by atoms with E-state index >= 15 is 0 Å². The molecule has 0 bridgehead atoms. The summed E-state index contributed by atoms with van der Waals surface area (Å²) < 4.78 is 0. The highest BCUT2D eigenvalue weighted by Gasteiger charge is 2.26. The monoisotopic (exact) mass is 257 g/mol. The summed E-state index contributed by atoms with van der Waals surface area (Å²) in [4.78, 5) is 24.0. The third kappa shape index (κ3) is 5.46. The lowest BCUT2D eigenvalue weighted by atomic mass is 10.0. The molecule has 1 fully saturated rings. The average Bonchev–Trinajstić information content (AvgIpc) is 2.72. The van der Waals surface area contributed by atoms with Crippen molar-refractivity contribution < 1.29 is 14.7 Å². The van der Waals surface area contributed by atoms with E-state index in [1.54, 1.807) is 0 Å².